The van der Waals surface area contributed by atoms with Gasteiger partial charge >= 0.3 is 0 Å². The van der Waals surface area contributed by atoms with Crippen LogP contribution in [0.1, 0.15) is 10.4 Å². The Bertz CT molecular complexity index is 336. The van der Waals surface area contributed by atoms with E-state index in [4.69, 9.17) is 5.11 Å². The smallest absolute Gasteiger partial charge is 0.202 e. The number of ketones is 1. The number of hydrogen-bond acceptors (Lipinski definition) is 2. The van der Waals surface area contributed by atoms with Crippen LogP contribution in [-0.4, -0.2) is 15.9 Å². The van der Waals surface area contributed by atoms with E-state index >= 15 is 0 Å². The van der Waals surface area contributed by atoms with Crippen molar-refractivity contribution in [3.8, 4) is 0 Å². The lowest BCUT2D eigenvalue weighted by Gasteiger charge is -2.03. The summed E-state index contributed by atoms with van der Waals surface area (Å²) in [5.41, 5.74) is 0.458. The maximum Gasteiger partial charge on any atom is 0.202 e. The first kappa shape index (κ1) is 11.4. The van der Waals surface area contributed by atoms with E-state index in [0.717, 1.165) is 8.95 Å². The van der Waals surface area contributed by atoms with Crippen molar-refractivity contribution in [1.29, 1.82) is 0 Å². The van der Waals surface area contributed by atoms with E-state index in [1.807, 2.05) is 0 Å². The molecule has 1 unspecified atom stereocenters. The topological polar surface area (TPSA) is 37.3 Å². The fraction of sp³-hybridized carbons (Fsp3) is 0.125. The molecule has 1 N–H and O–H groups in total. The number of halogens is 3. The molecule has 1 atom stereocenters. The monoisotopic (exact) mass is 370 g/mol. The van der Waals surface area contributed by atoms with Crippen molar-refractivity contribution in [3.05, 3.63) is 32.7 Å². The van der Waals surface area contributed by atoms with E-state index in [-0.39, 0.29) is 5.78 Å². The van der Waals surface area contributed by atoms with Gasteiger partial charge in [0.25, 0.3) is 0 Å². The quantitative estimate of drug-likeness (QED) is 0.640. The number of aliphatic hydroxyl groups excluding tert-OH is 1. The third-order valence-corrected chi connectivity index (χ3v) is 3.72. The van der Waals surface area contributed by atoms with Gasteiger partial charge < -0.3 is 5.11 Å². The lowest BCUT2D eigenvalue weighted by molar-refractivity contribution is 0.0875. The van der Waals surface area contributed by atoms with Crippen LogP contribution in [0.5, 0.6) is 0 Å². The average Bonchev–Trinajstić information content (AvgIpc) is 2.08. The molecule has 1 aromatic rings. The Morgan fingerprint density at radius 1 is 1.31 bits per heavy atom. The maximum atomic E-state index is 11.3. The molecule has 70 valence electrons. The van der Waals surface area contributed by atoms with Gasteiger partial charge in [-0.2, -0.15) is 0 Å². The zero-order valence-corrected chi connectivity index (χ0v) is 11.1. The molecular weight excluding hydrogens is 368 g/mol. The van der Waals surface area contributed by atoms with Crippen LogP contribution in [-0.2, 0) is 0 Å². The predicted molar refractivity (Wildman–Crippen MR) is 61.1 cm³/mol. The van der Waals surface area contributed by atoms with Gasteiger partial charge in [-0.3, -0.25) is 4.79 Å². The molecule has 13 heavy (non-hydrogen) atoms. The highest BCUT2D eigenvalue weighted by molar-refractivity contribution is 9.13. The molecule has 5 heteroatoms. The first-order chi connectivity index (χ1) is 6.02. The zero-order chi connectivity index (χ0) is 10.0. The Kier molecular flexibility index (Phi) is 4.09. The third-order valence-electron chi connectivity index (χ3n) is 1.42. The van der Waals surface area contributed by atoms with Crippen LogP contribution in [0, 0.1) is 0 Å². The Hall–Kier alpha value is 0.290. The standard InChI is InChI=1S/C8H5Br3O2/c9-5-2-1-4(3-6(5)10)7(12)8(11)13/h1-3,8,13H. The normalized spacial score (nSPS) is 12.6. The minimum Gasteiger partial charge on any atom is -0.374 e. The largest absolute Gasteiger partial charge is 0.374 e. The van der Waals surface area contributed by atoms with Gasteiger partial charge in [-0.1, -0.05) is 6.07 Å². The molecule has 0 aromatic heterocycles. The number of hydrogen-bond donors (Lipinski definition) is 1. The summed E-state index contributed by atoms with van der Waals surface area (Å²) in [4.78, 5) is 11.3. The number of carbonyl (C=O) groups is 1. The molecule has 0 heterocycles. The number of aliphatic hydroxyl groups is 1. The van der Waals surface area contributed by atoms with Crippen molar-refractivity contribution in [2.45, 2.75) is 5.01 Å². The van der Waals surface area contributed by atoms with Crippen LogP contribution in [0.3, 0.4) is 0 Å². The van der Waals surface area contributed by atoms with Crippen LogP contribution in [0.15, 0.2) is 27.1 Å². The van der Waals surface area contributed by atoms with Crippen LogP contribution in [0.4, 0.5) is 0 Å². The second kappa shape index (κ2) is 4.68. The molecule has 2 nitrogen and oxygen atoms in total. The Morgan fingerprint density at radius 2 is 1.92 bits per heavy atom. The van der Waals surface area contributed by atoms with Crippen molar-refractivity contribution < 1.29 is 9.90 Å². The molecule has 1 aromatic carbocycles. The Labute approximate surface area is 101 Å². The number of rotatable bonds is 2. The molecule has 0 amide bonds. The van der Waals surface area contributed by atoms with E-state index in [0.29, 0.717) is 5.56 Å². The van der Waals surface area contributed by atoms with Crippen molar-refractivity contribution in [2.75, 3.05) is 0 Å². The van der Waals surface area contributed by atoms with Crippen molar-refractivity contribution >= 4 is 53.6 Å². The summed E-state index contributed by atoms with van der Waals surface area (Å²) in [5.74, 6) is -0.354. The molecule has 0 bridgehead atoms. The average molecular weight is 373 g/mol. The minimum atomic E-state index is -1.14. The lowest BCUT2D eigenvalue weighted by atomic mass is 10.1. The molecule has 0 aliphatic carbocycles. The van der Waals surface area contributed by atoms with Gasteiger partial charge in [0.05, 0.1) is 0 Å². The van der Waals surface area contributed by atoms with Crippen LogP contribution in [0.2, 0.25) is 0 Å². The summed E-state index contributed by atoms with van der Waals surface area (Å²) < 4.78 is 1.65. The summed E-state index contributed by atoms with van der Waals surface area (Å²) in [6.07, 6.45) is 0. The minimum absolute atomic E-state index is 0.354. The number of benzene rings is 1. The molecule has 0 spiro atoms. The van der Waals surface area contributed by atoms with Gasteiger partial charge in [0.1, 0.15) is 0 Å². The number of Topliss-reactive ketones (excluding diaryl/α,β-unsaturated/α-hetero) is 1. The second-order valence-corrected chi connectivity index (χ2v) is 4.90. The summed E-state index contributed by atoms with van der Waals surface area (Å²) in [6.45, 7) is 0. The number of carbonyl (C=O) groups excluding carboxylic acids is 1. The number of alkyl halides is 1. The van der Waals surface area contributed by atoms with Crippen LogP contribution in [0.25, 0.3) is 0 Å². The SMILES string of the molecule is O=C(c1ccc(Br)c(Br)c1)C(O)Br. The molecule has 1 rings (SSSR count). The highest BCUT2D eigenvalue weighted by Crippen LogP contribution is 2.24. The van der Waals surface area contributed by atoms with Gasteiger partial charge in [0.2, 0.25) is 5.78 Å². The van der Waals surface area contributed by atoms with Gasteiger partial charge in [-0.15, -0.1) is 0 Å². The first-order valence-electron chi connectivity index (χ1n) is 3.34. The lowest BCUT2D eigenvalue weighted by Crippen LogP contribution is -2.12. The summed E-state index contributed by atoms with van der Waals surface area (Å²) in [5, 5.41) is 7.84. The molecule has 0 saturated carbocycles. The third kappa shape index (κ3) is 2.87. The first-order valence-corrected chi connectivity index (χ1v) is 5.84. The molecule has 0 saturated heterocycles. The molecule has 0 fully saturated rings. The van der Waals surface area contributed by atoms with Crippen LogP contribution < -0.4 is 0 Å². The van der Waals surface area contributed by atoms with Crippen molar-refractivity contribution in [3.63, 3.8) is 0 Å². The highest BCUT2D eigenvalue weighted by Gasteiger charge is 2.13. The van der Waals surface area contributed by atoms with Crippen molar-refractivity contribution in [1.82, 2.24) is 0 Å². The van der Waals surface area contributed by atoms with E-state index < -0.39 is 5.01 Å². The van der Waals surface area contributed by atoms with Crippen LogP contribution >= 0.6 is 47.8 Å². The van der Waals surface area contributed by atoms with Gasteiger partial charge in [0.15, 0.2) is 5.01 Å². The summed E-state index contributed by atoms with van der Waals surface area (Å²) >= 11 is 9.35. The molecule has 0 aliphatic rings. The van der Waals surface area contributed by atoms with E-state index in [1.54, 1.807) is 18.2 Å². The maximum absolute atomic E-state index is 11.3. The Balaban J connectivity index is 3.04. The van der Waals surface area contributed by atoms with Gasteiger partial charge in [-0.25, -0.2) is 0 Å². The zero-order valence-electron chi connectivity index (χ0n) is 6.30. The van der Waals surface area contributed by atoms with E-state index in [9.17, 15) is 4.79 Å². The fourth-order valence-corrected chi connectivity index (χ4v) is 1.68. The summed E-state index contributed by atoms with van der Waals surface area (Å²) in [6, 6.07) is 5.03. The van der Waals surface area contributed by atoms with Crippen molar-refractivity contribution in [2.24, 2.45) is 0 Å². The molecule has 0 aliphatic heterocycles. The van der Waals surface area contributed by atoms with Gasteiger partial charge in [-0.05, 0) is 59.9 Å². The Morgan fingerprint density at radius 3 is 2.38 bits per heavy atom. The summed E-state index contributed by atoms with van der Waals surface area (Å²) in [7, 11) is 0. The molecular formula is C8H5Br3O2. The second-order valence-electron chi connectivity index (χ2n) is 2.33. The van der Waals surface area contributed by atoms with E-state index in [2.05, 4.69) is 47.8 Å². The predicted octanol–water partition coefficient (Wildman–Crippen LogP) is 3.11. The fourth-order valence-electron chi connectivity index (χ4n) is 0.787. The highest BCUT2D eigenvalue weighted by atomic mass is 79.9. The van der Waals surface area contributed by atoms with Gasteiger partial charge in [0, 0.05) is 14.5 Å². The molecule has 0 radical (unpaired) electrons. The van der Waals surface area contributed by atoms with E-state index in [1.165, 1.54) is 0 Å².